The van der Waals surface area contributed by atoms with Crippen molar-refractivity contribution in [1.82, 2.24) is 15.3 Å². The van der Waals surface area contributed by atoms with Crippen LogP contribution in [0.5, 0.6) is 0 Å². The Bertz CT molecular complexity index is 436. The first-order chi connectivity index (χ1) is 8.33. The van der Waals surface area contributed by atoms with Crippen molar-refractivity contribution in [3.63, 3.8) is 0 Å². The molecular formula is C12H17N3O2. The highest BCUT2D eigenvalue weighted by Crippen LogP contribution is 2.14. The Kier molecular flexibility index (Phi) is 3.95. The molecule has 2 aromatic heterocycles. The lowest BCUT2D eigenvalue weighted by Crippen LogP contribution is -2.21. The minimum atomic E-state index is -0.0601. The van der Waals surface area contributed by atoms with Crippen LogP contribution in [0.3, 0.4) is 0 Å². The average Bonchev–Trinajstić information content (AvgIpc) is 3.00. The fourth-order valence-electron chi connectivity index (χ4n) is 1.73. The van der Waals surface area contributed by atoms with Crippen LogP contribution in [-0.4, -0.2) is 15.1 Å². The van der Waals surface area contributed by atoms with E-state index < -0.39 is 0 Å². The molecule has 2 aromatic rings. The van der Waals surface area contributed by atoms with Crippen LogP contribution in [-0.2, 0) is 13.2 Å². The van der Waals surface area contributed by atoms with Crippen molar-refractivity contribution in [1.29, 1.82) is 0 Å². The molecule has 0 saturated heterocycles. The molecule has 0 aliphatic heterocycles. The van der Waals surface area contributed by atoms with Crippen LogP contribution in [0, 0.1) is 0 Å². The maximum absolute atomic E-state index is 8.90. The molecule has 1 atom stereocenters. The molecule has 2 heterocycles. The summed E-state index contributed by atoms with van der Waals surface area (Å²) in [6.45, 7) is 2.66. The van der Waals surface area contributed by atoms with E-state index in [1.807, 2.05) is 12.3 Å². The van der Waals surface area contributed by atoms with E-state index in [-0.39, 0.29) is 12.6 Å². The topological polar surface area (TPSA) is 74.1 Å². The van der Waals surface area contributed by atoms with Crippen molar-refractivity contribution >= 4 is 0 Å². The quantitative estimate of drug-likeness (QED) is 0.713. The van der Waals surface area contributed by atoms with Gasteiger partial charge in [0, 0.05) is 12.4 Å². The smallest absolute Gasteiger partial charge is 0.129 e. The number of H-pyrrole nitrogens is 1. The molecule has 2 rings (SSSR count). The van der Waals surface area contributed by atoms with Gasteiger partial charge in [0.25, 0.3) is 0 Å². The van der Waals surface area contributed by atoms with Gasteiger partial charge in [0.1, 0.15) is 24.0 Å². The van der Waals surface area contributed by atoms with Crippen LogP contribution in [0.15, 0.2) is 28.9 Å². The second-order valence-electron chi connectivity index (χ2n) is 3.84. The van der Waals surface area contributed by atoms with Crippen LogP contribution in [0.4, 0.5) is 0 Å². The zero-order chi connectivity index (χ0) is 12.1. The number of hydrogen-bond donors (Lipinski definition) is 3. The molecule has 0 spiro atoms. The van der Waals surface area contributed by atoms with Gasteiger partial charge in [-0.15, -0.1) is 0 Å². The fraction of sp³-hybridized carbons (Fsp3) is 0.417. The Morgan fingerprint density at radius 3 is 2.88 bits per heavy atom. The summed E-state index contributed by atoms with van der Waals surface area (Å²) < 4.78 is 5.40. The molecule has 0 saturated carbocycles. The van der Waals surface area contributed by atoms with Gasteiger partial charge in [0.2, 0.25) is 0 Å². The summed E-state index contributed by atoms with van der Waals surface area (Å²) >= 11 is 0. The Hall–Kier alpha value is -1.59. The number of aromatic nitrogens is 2. The van der Waals surface area contributed by atoms with Crippen LogP contribution < -0.4 is 5.32 Å². The molecule has 5 heteroatoms. The summed E-state index contributed by atoms with van der Waals surface area (Å²) in [7, 11) is 0. The van der Waals surface area contributed by atoms with Gasteiger partial charge in [-0.05, 0) is 18.6 Å². The van der Waals surface area contributed by atoms with Crippen molar-refractivity contribution in [3.8, 4) is 0 Å². The zero-order valence-electron chi connectivity index (χ0n) is 9.81. The van der Waals surface area contributed by atoms with Gasteiger partial charge >= 0.3 is 0 Å². The van der Waals surface area contributed by atoms with E-state index in [2.05, 4.69) is 22.2 Å². The molecule has 0 amide bonds. The number of aromatic amines is 1. The second kappa shape index (κ2) is 5.65. The van der Waals surface area contributed by atoms with E-state index in [0.717, 1.165) is 18.0 Å². The molecule has 0 radical (unpaired) electrons. The van der Waals surface area contributed by atoms with Crippen LogP contribution in [0.1, 0.15) is 36.7 Å². The van der Waals surface area contributed by atoms with E-state index in [1.165, 1.54) is 0 Å². The number of furan rings is 1. The van der Waals surface area contributed by atoms with Crippen molar-refractivity contribution < 1.29 is 9.52 Å². The van der Waals surface area contributed by atoms with E-state index in [1.54, 1.807) is 12.3 Å². The Morgan fingerprint density at radius 2 is 2.29 bits per heavy atom. The Morgan fingerprint density at radius 1 is 1.47 bits per heavy atom. The largest absolute Gasteiger partial charge is 0.462 e. The number of aliphatic hydroxyl groups is 1. The van der Waals surface area contributed by atoms with E-state index in [4.69, 9.17) is 9.52 Å². The lowest BCUT2D eigenvalue weighted by molar-refractivity contribution is 0.242. The molecule has 5 nitrogen and oxygen atoms in total. The van der Waals surface area contributed by atoms with Gasteiger partial charge in [-0.25, -0.2) is 4.98 Å². The highest BCUT2D eigenvalue weighted by atomic mass is 16.4. The maximum Gasteiger partial charge on any atom is 0.129 e. The van der Waals surface area contributed by atoms with Crippen molar-refractivity contribution in [2.24, 2.45) is 0 Å². The molecule has 0 aliphatic carbocycles. The predicted molar refractivity (Wildman–Crippen MR) is 63.1 cm³/mol. The lowest BCUT2D eigenvalue weighted by Gasteiger charge is -2.13. The minimum absolute atomic E-state index is 0.0601. The first kappa shape index (κ1) is 11.9. The molecule has 0 bridgehead atoms. The third kappa shape index (κ3) is 2.95. The van der Waals surface area contributed by atoms with E-state index in [0.29, 0.717) is 12.3 Å². The third-order valence-corrected chi connectivity index (χ3v) is 2.65. The summed E-state index contributed by atoms with van der Waals surface area (Å²) in [5, 5.41) is 12.3. The predicted octanol–water partition coefficient (Wildman–Crippen LogP) is 1.74. The summed E-state index contributed by atoms with van der Waals surface area (Å²) in [5.74, 6) is 2.34. The number of imidazole rings is 1. The first-order valence-electron chi connectivity index (χ1n) is 5.74. The molecule has 92 valence electrons. The van der Waals surface area contributed by atoms with Crippen LogP contribution in [0.2, 0.25) is 0 Å². The normalized spacial score (nSPS) is 12.8. The average molecular weight is 235 g/mol. The Balaban J connectivity index is 1.92. The molecule has 1 unspecified atom stereocenters. The second-order valence-corrected chi connectivity index (χ2v) is 3.84. The molecule has 17 heavy (non-hydrogen) atoms. The Labute approximate surface area is 99.9 Å². The summed E-state index contributed by atoms with van der Waals surface area (Å²) in [6.07, 6.45) is 4.51. The van der Waals surface area contributed by atoms with Crippen molar-refractivity contribution in [2.75, 3.05) is 0 Å². The number of rotatable bonds is 6. The molecular weight excluding hydrogens is 218 g/mol. The van der Waals surface area contributed by atoms with Gasteiger partial charge in [-0.3, -0.25) is 0 Å². The third-order valence-electron chi connectivity index (χ3n) is 2.65. The lowest BCUT2D eigenvalue weighted by atomic mass is 10.2. The number of nitrogens with one attached hydrogen (secondary N) is 2. The number of aliphatic hydroxyl groups excluding tert-OH is 1. The minimum Gasteiger partial charge on any atom is -0.462 e. The summed E-state index contributed by atoms with van der Waals surface area (Å²) in [5.41, 5.74) is 0. The maximum atomic E-state index is 8.90. The van der Waals surface area contributed by atoms with Gasteiger partial charge in [-0.1, -0.05) is 6.92 Å². The van der Waals surface area contributed by atoms with E-state index in [9.17, 15) is 0 Å². The van der Waals surface area contributed by atoms with Gasteiger partial charge < -0.3 is 19.8 Å². The van der Waals surface area contributed by atoms with Crippen molar-refractivity contribution in [2.45, 2.75) is 32.5 Å². The molecule has 0 fully saturated rings. The monoisotopic (exact) mass is 235 g/mol. The van der Waals surface area contributed by atoms with E-state index >= 15 is 0 Å². The number of hydrogen-bond acceptors (Lipinski definition) is 4. The molecule has 0 aromatic carbocycles. The summed E-state index contributed by atoms with van der Waals surface area (Å²) in [4.78, 5) is 7.33. The highest BCUT2D eigenvalue weighted by molar-refractivity contribution is 5.06. The number of nitrogens with zero attached hydrogens (tertiary/aromatic N) is 1. The molecule has 0 aliphatic rings. The van der Waals surface area contributed by atoms with Gasteiger partial charge in [0.05, 0.1) is 12.6 Å². The first-order valence-corrected chi connectivity index (χ1v) is 5.74. The van der Waals surface area contributed by atoms with Crippen molar-refractivity contribution in [3.05, 3.63) is 41.9 Å². The zero-order valence-corrected chi connectivity index (χ0v) is 9.81. The highest BCUT2D eigenvalue weighted by Gasteiger charge is 2.11. The summed E-state index contributed by atoms with van der Waals surface area (Å²) in [6, 6.07) is 3.84. The standard InChI is InChI=1S/C12H17N3O2/c1-2-11(12-13-5-6-14-12)15-7-9-3-4-10(8-16)17-9/h3-6,11,15-16H,2,7-8H2,1H3,(H,13,14). The SMILES string of the molecule is CCC(NCc1ccc(CO)o1)c1ncc[nH]1. The fourth-order valence-corrected chi connectivity index (χ4v) is 1.73. The van der Waals surface area contributed by atoms with Gasteiger partial charge in [0.15, 0.2) is 0 Å². The van der Waals surface area contributed by atoms with Crippen LogP contribution >= 0.6 is 0 Å². The van der Waals surface area contributed by atoms with Gasteiger partial charge in [-0.2, -0.15) is 0 Å². The molecule has 3 N–H and O–H groups in total. The van der Waals surface area contributed by atoms with Crippen LogP contribution in [0.25, 0.3) is 0 Å².